The van der Waals surface area contributed by atoms with Crippen LogP contribution in [-0.4, -0.2) is 33.0 Å². The van der Waals surface area contributed by atoms with Crippen LogP contribution in [0.2, 0.25) is 0 Å². The molecule has 0 saturated carbocycles. The number of nitrogens with zero attached hydrogens (tertiary/aromatic N) is 3. The van der Waals surface area contributed by atoms with Gasteiger partial charge in [-0.25, -0.2) is 0 Å². The first-order valence-corrected chi connectivity index (χ1v) is 12.8. The number of rotatable bonds is 8. The molecule has 3 aromatic carbocycles. The van der Waals surface area contributed by atoms with Gasteiger partial charge in [-0.3, -0.25) is 14.8 Å². The Morgan fingerprint density at radius 3 is 2.19 bits per heavy atom. The average Bonchev–Trinajstić information content (AvgIpc) is 3.12. The van der Waals surface area contributed by atoms with Crippen molar-refractivity contribution in [2.45, 2.75) is 45.7 Å². The number of carbonyl (C=O) groups is 1. The largest absolute Gasteiger partial charge is 0.341 e. The lowest BCUT2D eigenvalue weighted by atomic mass is 10.0. The molecule has 5 rings (SSSR count). The number of hydrogen-bond acceptors (Lipinski definition) is 2. The summed E-state index contributed by atoms with van der Waals surface area (Å²) in [6.45, 7) is 6.46. The number of amides is 1. The molecule has 1 aromatic heterocycles. The third-order valence-corrected chi connectivity index (χ3v) is 7.14. The summed E-state index contributed by atoms with van der Waals surface area (Å²) < 4.78 is 4.00. The predicted octanol–water partition coefficient (Wildman–Crippen LogP) is 5.66. The summed E-state index contributed by atoms with van der Waals surface area (Å²) in [5.41, 5.74) is 7.07. The molecule has 1 saturated heterocycles. The molecule has 0 bridgehead atoms. The Bertz CT molecular complexity index is 1440. The number of likely N-dealkylation sites (tertiary alicyclic amines) is 1. The second-order valence-electron chi connectivity index (χ2n) is 9.82. The smallest absolute Gasteiger partial charge is 0.246 e. The molecule has 36 heavy (non-hydrogen) atoms. The lowest BCUT2D eigenvalue weighted by Crippen LogP contribution is -2.47. The van der Waals surface area contributed by atoms with E-state index in [4.69, 9.17) is 5.41 Å². The van der Waals surface area contributed by atoms with Crippen LogP contribution < -0.4 is 5.62 Å². The van der Waals surface area contributed by atoms with Gasteiger partial charge in [-0.05, 0) is 49.9 Å². The molecule has 2 heterocycles. The lowest BCUT2D eigenvalue weighted by Gasteiger charge is -2.34. The number of nitrogens with one attached hydrogen (secondary N) is 1. The van der Waals surface area contributed by atoms with Crippen molar-refractivity contribution < 1.29 is 4.79 Å². The normalized spacial score (nSPS) is 14.3. The van der Waals surface area contributed by atoms with Crippen molar-refractivity contribution >= 4 is 23.0 Å². The van der Waals surface area contributed by atoms with Gasteiger partial charge in [0.2, 0.25) is 11.5 Å². The van der Waals surface area contributed by atoms with Crippen LogP contribution in [0.3, 0.4) is 0 Å². The van der Waals surface area contributed by atoms with E-state index in [1.165, 1.54) is 16.7 Å². The predicted molar refractivity (Wildman–Crippen MR) is 146 cm³/mol. The number of aryl methyl sites for hydroxylation is 3. The van der Waals surface area contributed by atoms with E-state index >= 15 is 0 Å². The van der Waals surface area contributed by atoms with Crippen molar-refractivity contribution in [2.24, 2.45) is 0 Å². The van der Waals surface area contributed by atoms with Crippen LogP contribution >= 0.6 is 0 Å². The first kappa shape index (κ1) is 23.9. The molecule has 1 atom stereocenters. The molecule has 184 valence electrons. The molecule has 0 aliphatic carbocycles. The van der Waals surface area contributed by atoms with Gasteiger partial charge in [0.25, 0.3) is 0 Å². The SMILES string of the molecule is Cc1ccc(/C=C/CCn2c(=N)n(C(Cc3ccc(C)cc3)C(=O)N3CCC3)c3ccccc32)cc1. The summed E-state index contributed by atoms with van der Waals surface area (Å²) in [7, 11) is 0. The first-order valence-electron chi connectivity index (χ1n) is 12.8. The summed E-state index contributed by atoms with van der Waals surface area (Å²) in [6.07, 6.45) is 6.74. The van der Waals surface area contributed by atoms with Crippen LogP contribution in [0, 0.1) is 19.3 Å². The van der Waals surface area contributed by atoms with Crippen LogP contribution in [0.4, 0.5) is 0 Å². The first-order chi connectivity index (χ1) is 17.5. The molecule has 1 amide bonds. The van der Waals surface area contributed by atoms with Gasteiger partial charge in [-0.15, -0.1) is 0 Å². The number of fused-ring (bicyclic) bond motifs is 1. The number of aromatic nitrogens is 2. The van der Waals surface area contributed by atoms with Gasteiger partial charge < -0.3 is 9.47 Å². The maximum absolute atomic E-state index is 13.6. The average molecular weight is 479 g/mol. The standard InChI is InChI=1S/C31H34N4O/c1-23-11-15-25(16-12-23)8-5-6-21-34-27-9-3-4-10-28(27)35(31(34)32)29(30(36)33-19-7-20-33)22-26-17-13-24(2)14-18-26/h3-5,8-18,29,32H,6-7,19-22H2,1-2H3/b8-5+,32-31?. The van der Waals surface area contributed by atoms with Crippen molar-refractivity contribution in [3.8, 4) is 0 Å². The van der Waals surface area contributed by atoms with E-state index in [2.05, 4.69) is 80.6 Å². The van der Waals surface area contributed by atoms with E-state index in [0.29, 0.717) is 18.6 Å². The van der Waals surface area contributed by atoms with Crippen molar-refractivity contribution in [1.29, 1.82) is 5.41 Å². The summed E-state index contributed by atoms with van der Waals surface area (Å²) in [5.74, 6) is 0.113. The van der Waals surface area contributed by atoms with E-state index in [1.54, 1.807) is 0 Å². The lowest BCUT2D eigenvalue weighted by molar-refractivity contribution is -0.138. The second-order valence-corrected chi connectivity index (χ2v) is 9.82. The summed E-state index contributed by atoms with van der Waals surface area (Å²) in [6, 6.07) is 24.5. The Kier molecular flexibility index (Phi) is 6.90. The van der Waals surface area contributed by atoms with Crippen LogP contribution in [0.5, 0.6) is 0 Å². The minimum absolute atomic E-state index is 0.113. The highest BCUT2D eigenvalue weighted by molar-refractivity contribution is 5.85. The number of para-hydroxylation sites is 2. The number of imidazole rings is 1. The number of carbonyl (C=O) groups excluding carboxylic acids is 1. The van der Waals surface area contributed by atoms with Gasteiger partial charge in [0.1, 0.15) is 6.04 Å². The van der Waals surface area contributed by atoms with E-state index in [9.17, 15) is 4.79 Å². The Labute approximate surface area is 212 Å². The maximum Gasteiger partial charge on any atom is 0.246 e. The Hall–Kier alpha value is -3.86. The quantitative estimate of drug-likeness (QED) is 0.349. The van der Waals surface area contributed by atoms with Gasteiger partial charge in [-0.1, -0.05) is 83.9 Å². The fraction of sp³-hybridized carbons (Fsp3) is 0.290. The Morgan fingerprint density at radius 1 is 0.917 bits per heavy atom. The molecular weight excluding hydrogens is 444 g/mol. The van der Waals surface area contributed by atoms with Gasteiger partial charge in [0, 0.05) is 26.1 Å². The summed E-state index contributed by atoms with van der Waals surface area (Å²) >= 11 is 0. The highest BCUT2D eigenvalue weighted by Gasteiger charge is 2.31. The zero-order chi connectivity index (χ0) is 25.1. The van der Waals surface area contributed by atoms with E-state index in [0.717, 1.165) is 42.5 Å². The Balaban J connectivity index is 1.47. The molecule has 5 nitrogen and oxygen atoms in total. The van der Waals surface area contributed by atoms with Crippen molar-refractivity contribution in [2.75, 3.05) is 13.1 Å². The van der Waals surface area contributed by atoms with Gasteiger partial charge in [0.15, 0.2) is 0 Å². The fourth-order valence-corrected chi connectivity index (χ4v) is 4.88. The van der Waals surface area contributed by atoms with E-state index in [-0.39, 0.29) is 5.91 Å². The fourth-order valence-electron chi connectivity index (χ4n) is 4.88. The van der Waals surface area contributed by atoms with Crippen LogP contribution in [0.15, 0.2) is 78.9 Å². The van der Waals surface area contributed by atoms with Crippen molar-refractivity contribution in [3.05, 3.63) is 107 Å². The highest BCUT2D eigenvalue weighted by Crippen LogP contribution is 2.25. The molecule has 5 heteroatoms. The number of benzene rings is 3. The van der Waals surface area contributed by atoms with Crippen molar-refractivity contribution in [3.63, 3.8) is 0 Å². The van der Waals surface area contributed by atoms with E-state index in [1.807, 2.05) is 32.2 Å². The third kappa shape index (κ3) is 4.92. The monoisotopic (exact) mass is 478 g/mol. The van der Waals surface area contributed by atoms with Gasteiger partial charge >= 0.3 is 0 Å². The van der Waals surface area contributed by atoms with Crippen molar-refractivity contribution in [1.82, 2.24) is 14.0 Å². The topological polar surface area (TPSA) is 54.0 Å². The summed E-state index contributed by atoms with van der Waals surface area (Å²) in [4.78, 5) is 15.6. The zero-order valence-electron chi connectivity index (χ0n) is 21.2. The second kappa shape index (κ2) is 10.4. The van der Waals surface area contributed by atoms with Crippen LogP contribution in [0.1, 0.15) is 41.1 Å². The molecule has 0 spiro atoms. The minimum atomic E-state index is -0.435. The van der Waals surface area contributed by atoms with Gasteiger partial charge in [-0.2, -0.15) is 0 Å². The van der Waals surface area contributed by atoms with Gasteiger partial charge in [0.05, 0.1) is 11.0 Å². The molecule has 0 radical (unpaired) electrons. The maximum atomic E-state index is 13.6. The molecule has 1 fully saturated rings. The van der Waals surface area contributed by atoms with Crippen LogP contribution in [-0.2, 0) is 17.8 Å². The molecule has 1 N–H and O–H groups in total. The minimum Gasteiger partial charge on any atom is -0.341 e. The van der Waals surface area contributed by atoms with E-state index < -0.39 is 6.04 Å². The molecule has 1 aliphatic heterocycles. The summed E-state index contributed by atoms with van der Waals surface area (Å²) in [5, 5.41) is 9.17. The molecule has 1 unspecified atom stereocenters. The third-order valence-electron chi connectivity index (χ3n) is 7.14. The molecule has 4 aromatic rings. The zero-order valence-corrected chi connectivity index (χ0v) is 21.2. The molecular formula is C31H34N4O. The van der Waals surface area contributed by atoms with Crippen LogP contribution in [0.25, 0.3) is 17.1 Å². The Morgan fingerprint density at radius 2 is 1.56 bits per heavy atom. The highest BCUT2D eigenvalue weighted by atomic mass is 16.2. The molecule has 1 aliphatic rings. The number of hydrogen-bond donors (Lipinski definition) is 1. The number of allylic oxidation sites excluding steroid dienone is 1.